The van der Waals surface area contributed by atoms with E-state index in [0.717, 1.165) is 70.6 Å². The first-order chi connectivity index (χ1) is 25.8. The molecular formula is C43H79O9P. The second-order valence-electron chi connectivity index (χ2n) is 14.0. The van der Waals surface area contributed by atoms with Crippen LogP contribution >= 0.6 is 7.82 Å². The SMILES string of the molecule is CCCCC/C=C\C/C=C\CCCCCCCC(=O)OC(COCCCCCCCC/C=C\C/C=C\CCCCCC)COP(=O)(O)OCC(O)CO. The minimum absolute atomic E-state index is 0.0353. The molecule has 0 radical (unpaired) electrons. The van der Waals surface area contributed by atoms with Crippen LogP contribution in [0.2, 0.25) is 0 Å². The largest absolute Gasteiger partial charge is 0.472 e. The monoisotopic (exact) mass is 771 g/mol. The van der Waals surface area contributed by atoms with Crippen LogP contribution in [0.25, 0.3) is 0 Å². The van der Waals surface area contributed by atoms with Crippen LogP contribution in [0.15, 0.2) is 48.6 Å². The van der Waals surface area contributed by atoms with Crippen molar-refractivity contribution in [2.24, 2.45) is 0 Å². The molecule has 0 aliphatic rings. The van der Waals surface area contributed by atoms with Gasteiger partial charge in [0.25, 0.3) is 0 Å². The van der Waals surface area contributed by atoms with E-state index in [0.29, 0.717) is 13.0 Å². The van der Waals surface area contributed by atoms with Gasteiger partial charge >= 0.3 is 13.8 Å². The Kier molecular flexibility index (Phi) is 38.9. The Morgan fingerprint density at radius 1 is 0.585 bits per heavy atom. The van der Waals surface area contributed by atoms with E-state index in [1.807, 2.05) is 0 Å². The lowest BCUT2D eigenvalue weighted by Gasteiger charge is -2.20. The molecule has 53 heavy (non-hydrogen) atoms. The molecule has 0 heterocycles. The molecule has 0 fully saturated rings. The molecule has 0 amide bonds. The van der Waals surface area contributed by atoms with E-state index in [1.165, 1.54) is 77.0 Å². The van der Waals surface area contributed by atoms with Crippen molar-refractivity contribution < 1.29 is 43.0 Å². The topological polar surface area (TPSA) is 132 Å². The summed E-state index contributed by atoms with van der Waals surface area (Å²) in [5.74, 6) is -0.401. The highest BCUT2D eigenvalue weighted by Gasteiger charge is 2.26. The predicted molar refractivity (Wildman–Crippen MR) is 219 cm³/mol. The van der Waals surface area contributed by atoms with E-state index < -0.39 is 39.2 Å². The molecule has 3 N–H and O–H groups in total. The highest BCUT2D eigenvalue weighted by molar-refractivity contribution is 7.47. The summed E-state index contributed by atoms with van der Waals surface area (Å²) in [5.41, 5.74) is 0. The third kappa shape index (κ3) is 39.9. The summed E-state index contributed by atoms with van der Waals surface area (Å²) in [4.78, 5) is 22.5. The standard InChI is InChI=1S/C43H79O9P/c1-3-5-7-9-11-13-15-17-19-20-22-24-26-28-30-32-34-36-49-39-42(40-51-53(47,48)50-38-41(45)37-44)52-43(46)35-33-31-29-27-25-23-21-18-16-14-12-10-8-6-4-2/h12-15,18-21,41-42,44-45H,3-11,16-17,22-40H2,1-2H3,(H,47,48)/b14-12-,15-13-,20-19-,21-18-. The predicted octanol–water partition coefficient (Wildman–Crippen LogP) is 11.4. The smallest absolute Gasteiger partial charge is 0.457 e. The third-order valence-electron chi connectivity index (χ3n) is 8.74. The zero-order chi connectivity index (χ0) is 38.9. The Hall–Kier alpha value is -1.58. The summed E-state index contributed by atoms with van der Waals surface area (Å²) >= 11 is 0. The summed E-state index contributed by atoms with van der Waals surface area (Å²) in [6.07, 6.45) is 43.5. The quantitative estimate of drug-likeness (QED) is 0.0241. The molecular weight excluding hydrogens is 691 g/mol. The van der Waals surface area contributed by atoms with Gasteiger partial charge in [0.05, 0.1) is 26.4 Å². The van der Waals surface area contributed by atoms with Crippen molar-refractivity contribution in [1.82, 2.24) is 0 Å². The Bertz CT molecular complexity index is 965. The molecule has 0 aromatic heterocycles. The first-order valence-electron chi connectivity index (χ1n) is 21.1. The lowest BCUT2D eigenvalue weighted by Crippen LogP contribution is -2.29. The first kappa shape index (κ1) is 51.4. The highest BCUT2D eigenvalue weighted by Crippen LogP contribution is 2.43. The molecule has 10 heteroatoms. The molecule has 3 unspecified atom stereocenters. The average molecular weight is 771 g/mol. The molecule has 9 nitrogen and oxygen atoms in total. The van der Waals surface area contributed by atoms with E-state index >= 15 is 0 Å². The number of unbranched alkanes of at least 4 members (excludes halogenated alkanes) is 18. The van der Waals surface area contributed by atoms with E-state index in [9.17, 15) is 19.4 Å². The van der Waals surface area contributed by atoms with Crippen LogP contribution in [0.1, 0.15) is 174 Å². The normalized spacial score (nSPS) is 14.6. The number of aliphatic hydroxyl groups is 2. The number of rotatable bonds is 40. The lowest BCUT2D eigenvalue weighted by molar-refractivity contribution is -0.154. The summed E-state index contributed by atoms with van der Waals surface area (Å²) in [6.45, 7) is 3.42. The van der Waals surface area contributed by atoms with Crippen LogP contribution < -0.4 is 0 Å². The molecule has 0 rings (SSSR count). The highest BCUT2D eigenvalue weighted by atomic mass is 31.2. The maximum Gasteiger partial charge on any atom is 0.472 e. The third-order valence-corrected chi connectivity index (χ3v) is 9.69. The van der Waals surface area contributed by atoms with Crippen molar-refractivity contribution in [2.75, 3.05) is 33.0 Å². The molecule has 0 saturated heterocycles. The number of allylic oxidation sites excluding steroid dienone is 8. The maximum absolute atomic E-state index is 12.6. The van der Waals surface area contributed by atoms with Crippen molar-refractivity contribution in [1.29, 1.82) is 0 Å². The van der Waals surface area contributed by atoms with Gasteiger partial charge in [-0.25, -0.2) is 4.57 Å². The number of hydrogen-bond acceptors (Lipinski definition) is 8. The van der Waals surface area contributed by atoms with E-state index in [4.69, 9.17) is 23.6 Å². The van der Waals surface area contributed by atoms with Gasteiger partial charge in [-0.05, 0) is 77.0 Å². The summed E-state index contributed by atoms with van der Waals surface area (Å²) in [5, 5.41) is 18.3. The number of carbonyl (C=O) groups is 1. The summed E-state index contributed by atoms with van der Waals surface area (Å²) in [6, 6.07) is 0. The van der Waals surface area contributed by atoms with Crippen LogP contribution in [0.4, 0.5) is 0 Å². The van der Waals surface area contributed by atoms with E-state index in [-0.39, 0.29) is 19.6 Å². The van der Waals surface area contributed by atoms with Gasteiger partial charge in [0, 0.05) is 13.0 Å². The zero-order valence-electron chi connectivity index (χ0n) is 33.7. The number of hydrogen-bond donors (Lipinski definition) is 3. The zero-order valence-corrected chi connectivity index (χ0v) is 34.6. The van der Waals surface area contributed by atoms with Gasteiger partial charge in [0.2, 0.25) is 0 Å². The van der Waals surface area contributed by atoms with Crippen LogP contribution in [-0.2, 0) is 27.9 Å². The second kappa shape index (κ2) is 40.1. The fourth-order valence-corrected chi connectivity index (χ4v) is 6.26. The summed E-state index contributed by atoms with van der Waals surface area (Å²) in [7, 11) is -4.52. The van der Waals surface area contributed by atoms with E-state index in [1.54, 1.807) is 0 Å². The second-order valence-corrected chi connectivity index (χ2v) is 15.5. The molecule has 0 aliphatic carbocycles. The fourth-order valence-electron chi connectivity index (χ4n) is 5.47. The Balaban J connectivity index is 4.24. The molecule has 310 valence electrons. The minimum atomic E-state index is -4.52. The number of aliphatic hydroxyl groups excluding tert-OH is 2. The van der Waals surface area contributed by atoms with Gasteiger partial charge in [0.15, 0.2) is 0 Å². The average Bonchev–Trinajstić information content (AvgIpc) is 3.15. The minimum Gasteiger partial charge on any atom is -0.457 e. The molecule has 0 aliphatic heterocycles. The van der Waals surface area contributed by atoms with Gasteiger partial charge in [0.1, 0.15) is 12.2 Å². The number of esters is 1. The van der Waals surface area contributed by atoms with Crippen molar-refractivity contribution in [2.45, 2.75) is 187 Å². The Morgan fingerprint density at radius 3 is 1.55 bits per heavy atom. The number of phosphoric acid groups is 1. The van der Waals surface area contributed by atoms with Crippen molar-refractivity contribution in [3.05, 3.63) is 48.6 Å². The molecule has 0 aromatic rings. The van der Waals surface area contributed by atoms with Crippen LogP contribution in [0.3, 0.4) is 0 Å². The van der Waals surface area contributed by atoms with Crippen molar-refractivity contribution in [3.63, 3.8) is 0 Å². The first-order valence-corrected chi connectivity index (χ1v) is 22.6. The van der Waals surface area contributed by atoms with Gasteiger partial charge in [-0.15, -0.1) is 0 Å². The van der Waals surface area contributed by atoms with Crippen LogP contribution in [0.5, 0.6) is 0 Å². The molecule has 0 saturated carbocycles. The Morgan fingerprint density at radius 2 is 1.02 bits per heavy atom. The maximum atomic E-state index is 12.6. The number of carbonyl (C=O) groups excluding carboxylic acids is 1. The molecule has 0 spiro atoms. The van der Waals surface area contributed by atoms with Gasteiger partial charge < -0.3 is 24.6 Å². The molecule has 0 aromatic carbocycles. The fraction of sp³-hybridized carbons (Fsp3) is 0.791. The van der Waals surface area contributed by atoms with Gasteiger partial charge in [-0.1, -0.05) is 140 Å². The molecule has 3 atom stereocenters. The lowest BCUT2D eigenvalue weighted by atomic mass is 10.1. The van der Waals surface area contributed by atoms with Gasteiger partial charge in [-0.2, -0.15) is 0 Å². The number of ether oxygens (including phenoxy) is 2. The van der Waals surface area contributed by atoms with Crippen molar-refractivity contribution >= 4 is 13.8 Å². The van der Waals surface area contributed by atoms with Gasteiger partial charge in [-0.3, -0.25) is 13.8 Å². The number of phosphoric ester groups is 1. The van der Waals surface area contributed by atoms with Crippen molar-refractivity contribution in [3.8, 4) is 0 Å². The van der Waals surface area contributed by atoms with Crippen LogP contribution in [-0.4, -0.2) is 66.3 Å². The van der Waals surface area contributed by atoms with Crippen LogP contribution in [0, 0.1) is 0 Å². The Labute approximate surface area is 324 Å². The molecule has 0 bridgehead atoms. The summed E-state index contributed by atoms with van der Waals surface area (Å²) < 4.78 is 33.3. The van der Waals surface area contributed by atoms with E-state index in [2.05, 4.69) is 62.5 Å².